The molecule has 0 aliphatic carbocycles. The zero-order valence-corrected chi connectivity index (χ0v) is 25.3. The van der Waals surface area contributed by atoms with Crippen LogP contribution in [0.25, 0.3) is 10.4 Å². The van der Waals surface area contributed by atoms with Crippen LogP contribution >= 0.6 is 15.9 Å². The van der Waals surface area contributed by atoms with Gasteiger partial charge in [-0.15, -0.1) is 17.4 Å². The third-order valence-corrected chi connectivity index (χ3v) is 4.28. The van der Waals surface area contributed by atoms with Gasteiger partial charge in [0.25, 0.3) is 11.8 Å². The van der Waals surface area contributed by atoms with E-state index in [1.165, 1.54) is 6.92 Å². The van der Waals surface area contributed by atoms with E-state index in [4.69, 9.17) is 12.0 Å². The van der Waals surface area contributed by atoms with Gasteiger partial charge >= 0.3 is 11.9 Å². The number of ether oxygens (including phenoxy) is 1. The molecule has 11 heteroatoms. The van der Waals surface area contributed by atoms with Crippen molar-refractivity contribution in [2.45, 2.75) is 101 Å². The van der Waals surface area contributed by atoms with Gasteiger partial charge in [-0.2, -0.15) is 0 Å². The summed E-state index contributed by atoms with van der Waals surface area (Å²) in [4.78, 5) is 50.1. The number of amides is 2. The van der Waals surface area contributed by atoms with E-state index in [9.17, 15) is 19.2 Å². The van der Waals surface area contributed by atoms with Crippen molar-refractivity contribution in [3.63, 3.8) is 0 Å². The van der Waals surface area contributed by atoms with Gasteiger partial charge in [0.05, 0.1) is 12.0 Å². The highest BCUT2D eigenvalue weighted by molar-refractivity contribution is 9.09. The molecular weight excluding hydrogens is 532 g/mol. The molecule has 0 saturated carbocycles. The highest BCUT2D eigenvalue weighted by Gasteiger charge is 2.33. The topological polar surface area (TPSA) is 139 Å². The number of esters is 1. The van der Waals surface area contributed by atoms with Gasteiger partial charge in [-0.3, -0.25) is 14.4 Å². The maximum Gasteiger partial charge on any atom is 0.335 e. The molecule has 2 amide bonds. The maximum absolute atomic E-state index is 11.0. The minimum absolute atomic E-state index is 0.0255. The molecule has 1 fully saturated rings. The molecule has 0 N–H and O–H groups in total. The van der Waals surface area contributed by atoms with E-state index in [1.807, 2.05) is 41.5 Å². The first-order chi connectivity index (χ1) is 16.5. The number of imide groups is 1. The van der Waals surface area contributed by atoms with Crippen LogP contribution in [0.1, 0.15) is 89.0 Å². The number of carbonyl (C=O) groups is 4. The van der Waals surface area contributed by atoms with E-state index in [1.54, 1.807) is 13.8 Å². The normalized spacial score (nSPS) is 11.6. The van der Waals surface area contributed by atoms with E-state index < -0.39 is 17.8 Å². The Hall–Kier alpha value is -2.57. The fraction of sp³-hybridized carbons (Fsp3) is 0.760. The van der Waals surface area contributed by atoms with Crippen molar-refractivity contribution >= 4 is 39.7 Å². The van der Waals surface area contributed by atoms with E-state index in [0.717, 1.165) is 11.2 Å². The summed E-state index contributed by atoms with van der Waals surface area (Å²) in [6, 6.07) is 0.106. The Morgan fingerprint density at radius 1 is 1.06 bits per heavy atom. The first kappa shape index (κ1) is 40.6. The summed E-state index contributed by atoms with van der Waals surface area (Å²) in [6.07, 6.45) is 5.21. The molecule has 1 rings (SSSR count). The van der Waals surface area contributed by atoms with Crippen molar-refractivity contribution in [1.82, 2.24) is 5.06 Å². The Morgan fingerprint density at radius 3 is 1.58 bits per heavy atom. The molecule has 36 heavy (non-hydrogen) atoms. The second-order valence-electron chi connectivity index (χ2n) is 8.97. The molecule has 0 aromatic heterocycles. The maximum atomic E-state index is 11.0. The molecule has 0 bridgehead atoms. The van der Waals surface area contributed by atoms with Gasteiger partial charge in [-0.25, -0.2) is 4.79 Å². The number of nitrogens with zero attached hydrogens (tertiary/aromatic N) is 4. The third kappa shape index (κ3) is 33.6. The van der Waals surface area contributed by atoms with Gasteiger partial charge in [0, 0.05) is 42.0 Å². The smallest absolute Gasteiger partial charge is 0.335 e. The van der Waals surface area contributed by atoms with Gasteiger partial charge in [0.1, 0.15) is 0 Å². The molecule has 0 atom stereocenters. The van der Waals surface area contributed by atoms with Crippen molar-refractivity contribution in [2.24, 2.45) is 22.9 Å². The molecule has 208 valence electrons. The lowest BCUT2D eigenvalue weighted by atomic mass is 10.2. The van der Waals surface area contributed by atoms with Crippen LogP contribution in [-0.2, 0) is 28.8 Å². The number of terminal acetylenes is 1. The number of rotatable bonds is 5. The molecule has 1 heterocycles. The molecule has 10 nitrogen and oxygen atoms in total. The summed E-state index contributed by atoms with van der Waals surface area (Å²) in [7, 11) is 0. The van der Waals surface area contributed by atoms with Gasteiger partial charge in [0.2, 0.25) is 0 Å². The molecule has 0 unspecified atom stereocenters. The molecule has 0 aromatic carbocycles. The summed E-state index contributed by atoms with van der Waals surface area (Å²) in [5.74, 6) is 1.72. The van der Waals surface area contributed by atoms with Crippen LogP contribution in [0.2, 0.25) is 0 Å². The number of hydrogen-bond acceptors (Lipinski definition) is 7. The first-order valence-corrected chi connectivity index (χ1v) is 12.9. The molecule has 0 aromatic rings. The molecule has 0 spiro atoms. The van der Waals surface area contributed by atoms with Crippen LogP contribution in [0.5, 0.6) is 0 Å². The third-order valence-electron chi connectivity index (χ3n) is 2.98. The van der Waals surface area contributed by atoms with Crippen molar-refractivity contribution in [3.05, 3.63) is 10.4 Å². The Labute approximate surface area is 225 Å². The predicted octanol–water partition coefficient (Wildman–Crippen LogP) is 6.23. The Kier molecular flexibility index (Phi) is 28.8. The molecule has 1 saturated heterocycles. The van der Waals surface area contributed by atoms with Gasteiger partial charge < -0.3 is 9.57 Å². The highest BCUT2D eigenvalue weighted by atomic mass is 79.9. The van der Waals surface area contributed by atoms with E-state index in [2.05, 4.69) is 55.3 Å². The highest BCUT2D eigenvalue weighted by Crippen LogP contribution is 2.13. The van der Waals surface area contributed by atoms with Crippen LogP contribution in [-0.4, -0.2) is 46.3 Å². The largest absolute Gasteiger partial charge is 0.463 e. The van der Waals surface area contributed by atoms with Crippen molar-refractivity contribution in [1.29, 1.82) is 0 Å². The van der Waals surface area contributed by atoms with Crippen molar-refractivity contribution in [3.8, 4) is 12.3 Å². The van der Waals surface area contributed by atoms with E-state index >= 15 is 0 Å². The fourth-order valence-corrected chi connectivity index (χ4v) is 1.29. The zero-order chi connectivity index (χ0) is 29.4. The lowest BCUT2D eigenvalue weighted by molar-refractivity contribution is -0.199. The quantitative estimate of drug-likeness (QED) is 0.0722. The monoisotopic (exact) mass is 576 g/mol. The summed E-state index contributed by atoms with van der Waals surface area (Å²) >= 11 is 3.31. The minimum atomic E-state index is -0.566. The van der Waals surface area contributed by atoms with Crippen LogP contribution in [0.3, 0.4) is 0 Å². The summed E-state index contributed by atoms with van der Waals surface area (Å²) in [6.45, 7) is 20.3. The minimum Gasteiger partial charge on any atom is -0.463 e. The standard InChI is InChI=1S/C8H11NO4.C5H10O2.C5H8.C4H9Br.C3H7N3/c1-5(2)8(12)13-9-6(10)3-4-7(9)11;1-4(2)7-5(3)6;1-4-5(2)3;1-4(2)3-5;1-3(2)5-6-4/h5H,3-4H2,1-2H3;4H,1-3H3;1,5H,2-3H3;4H,3H2,1-2H3;3H,1-2H3. The lowest BCUT2D eigenvalue weighted by Crippen LogP contribution is -2.33. The second kappa shape index (κ2) is 25.5. The van der Waals surface area contributed by atoms with Crippen LogP contribution in [0.4, 0.5) is 0 Å². The van der Waals surface area contributed by atoms with Crippen molar-refractivity contribution < 1.29 is 28.8 Å². The number of halogens is 1. The second-order valence-corrected chi connectivity index (χ2v) is 9.62. The number of hydrogen-bond donors (Lipinski definition) is 0. The van der Waals surface area contributed by atoms with Gasteiger partial charge in [-0.1, -0.05) is 76.4 Å². The summed E-state index contributed by atoms with van der Waals surface area (Å²) in [5.41, 5.74) is 7.70. The zero-order valence-electron chi connectivity index (χ0n) is 23.7. The fourth-order valence-electron chi connectivity index (χ4n) is 1.29. The summed E-state index contributed by atoms with van der Waals surface area (Å²) in [5, 5.41) is 4.98. The number of hydroxylamine groups is 2. The van der Waals surface area contributed by atoms with Crippen LogP contribution < -0.4 is 0 Å². The van der Waals surface area contributed by atoms with Crippen molar-refractivity contribution in [2.75, 3.05) is 5.33 Å². The average Bonchev–Trinajstić information content (AvgIpc) is 3.06. The summed E-state index contributed by atoms with van der Waals surface area (Å²) < 4.78 is 4.61. The van der Waals surface area contributed by atoms with Crippen LogP contribution in [0, 0.1) is 30.1 Å². The first-order valence-electron chi connectivity index (χ1n) is 11.8. The van der Waals surface area contributed by atoms with E-state index in [-0.39, 0.29) is 36.9 Å². The SMILES string of the molecule is C#CC(C)C.CC(=O)OC(C)C.CC(C)C(=O)ON1C(=O)CCC1=O.CC(C)CBr.CC(C)N=[N+]=[N-]. The Balaban J connectivity index is -0.000000191. The predicted molar refractivity (Wildman–Crippen MR) is 146 cm³/mol. The Morgan fingerprint density at radius 2 is 1.44 bits per heavy atom. The van der Waals surface area contributed by atoms with Gasteiger partial charge in [-0.05, 0) is 25.3 Å². The number of alkyl halides is 1. The molecule has 1 aliphatic rings. The van der Waals surface area contributed by atoms with E-state index in [0.29, 0.717) is 11.0 Å². The number of carbonyl (C=O) groups excluding carboxylic acids is 4. The Bertz CT molecular complexity index is 709. The average molecular weight is 578 g/mol. The molecular formula is C25H45BrN4O6. The van der Waals surface area contributed by atoms with Gasteiger partial charge in [0.15, 0.2) is 0 Å². The number of azide groups is 1. The molecule has 0 radical (unpaired) electrons. The lowest BCUT2D eigenvalue weighted by Gasteiger charge is -2.13. The molecule has 1 aliphatic heterocycles. The van der Waals surface area contributed by atoms with Crippen LogP contribution in [0.15, 0.2) is 5.11 Å².